The van der Waals surface area contributed by atoms with E-state index in [-0.39, 0.29) is 11.8 Å². The van der Waals surface area contributed by atoms with Gasteiger partial charge in [0.05, 0.1) is 15.1 Å². The summed E-state index contributed by atoms with van der Waals surface area (Å²) in [4.78, 5) is 20.5. The summed E-state index contributed by atoms with van der Waals surface area (Å²) in [7, 11) is 3.93. The van der Waals surface area contributed by atoms with E-state index in [0.29, 0.717) is 11.4 Å². The van der Waals surface area contributed by atoms with Crippen molar-refractivity contribution in [3.05, 3.63) is 10.9 Å². The van der Waals surface area contributed by atoms with Gasteiger partial charge in [0.2, 0.25) is 0 Å². The number of anilines is 1. The molecule has 1 atom stereocenters. The quantitative estimate of drug-likeness (QED) is 0.886. The number of thiophene rings is 1. The minimum Gasteiger partial charge on any atom is -0.354 e. The number of hydrogen-bond acceptors (Lipinski definition) is 6. The van der Waals surface area contributed by atoms with Crippen LogP contribution in [0.3, 0.4) is 0 Å². The van der Waals surface area contributed by atoms with Gasteiger partial charge in [0.15, 0.2) is 5.13 Å². The summed E-state index contributed by atoms with van der Waals surface area (Å²) >= 11 is 3.02. The van der Waals surface area contributed by atoms with Gasteiger partial charge in [-0.05, 0) is 18.9 Å². The van der Waals surface area contributed by atoms with Crippen LogP contribution in [0.1, 0.15) is 30.4 Å². The zero-order valence-electron chi connectivity index (χ0n) is 13.1. The predicted molar refractivity (Wildman–Crippen MR) is 91.6 cm³/mol. The van der Waals surface area contributed by atoms with Crippen molar-refractivity contribution >= 4 is 43.2 Å². The van der Waals surface area contributed by atoms with Crippen LogP contribution >= 0.6 is 22.7 Å². The lowest BCUT2D eigenvalue weighted by Gasteiger charge is -2.33. The topological polar surface area (TPSA) is 71.2 Å². The molecule has 1 unspecified atom stereocenters. The summed E-state index contributed by atoms with van der Waals surface area (Å²) in [5.41, 5.74) is 5.42. The number of carbonyl (C=O) groups excluding carboxylic acids is 1. The van der Waals surface area contributed by atoms with Gasteiger partial charge < -0.3 is 16.0 Å². The van der Waals surface area contributed by atoms with Crippen LogP contribution in [-0.4, -0.2) is 37.1 Å². The lowest BCUT2D eigenvalue weighted by atomic mass is 9.88. The molecule has 0 aromatic carbocycles. The minimum atomic E-state index is -0.392. The van der Waals surface area contributed by atoms with E-state index >= 15 is 0 Å². The maximum atomic E-state index is 12.4. The first-order valence-electron chi connectivity index (χ1n) is 6.87. The van der Waals surface area contributed by atoms with Gasteiger partial charge in [0.25, 0.3) is 5.91 Å². The van der Waals surface area contributed by atoms with Crippen LogP contribution < -0.4 is 16.0 Å². The summed E-state index contributed by atoms with van der Waals surface area (Å²) in [6.45, 7) is 6.52. The van der Waals surface area contributed by atoms with Gasteiger partial charge in [-0.2, -0.15) is 0 Å². The monoisotopic (exact) mass is 326 g/mol. The summed E-state index contributed by atoms with van der Waals surface area (Å²) in [5, 5.41) is 4.02. The highest BCUT2D eigenvalue weighted by molar-refractivity contribution is 7.29. The van der Waals surface area contributed by atoms with Crippen LogP contribution in [0.5, 0.6) is 0 Å². The Balaban J connectivity index is 2.22. The van der Waals surface area contributed by atoms with Crippen LogP contribution in [0.2, 0.25) is 0 Å². The fourth-order valence-electron chi connectivity index (χ4n) is 1.78. The molecule has 2 aromatic rings. The van der Waals surface area contributed by atoms with Crippen LogP contribution in [0, 0.1) is 5.92 Å². The summed E-state index contributed by atoms with van der Waals surface area (Å²) in [6, 6.07) is 1.91. The molecule has 2 aromatic heterocycles. The second kappa shape index (κ2) is 5.90. The van der Waals surface area contributed by atoms with E-state index in [1.807, 2.05) is 32.0 Å². The van der Waals surface area contributed by atoms with Crippen LogP contribution in [0.4, 0.5) is 5.13 Å². The molecule has 0 aliphatic heterocycles. The second-order valence-electron chi connectivity index (χ2n) is 5.90. The third kappa shape index (κ3) is 3.20. The van der Waals surface area contributed by atoms with E-state index in [1.165, 1.54) is 11.3 Å². The van der Waals surface area contributed by atoms with Crippen molar-refractivity contribution in [1.29, 1.82) is 0 Å². The third-order valence-corrected chi connectivity index (χ3v) is 6.11. The minimum absolute atomic E-state index is 0.0711. The van der Waals surface area contributed by atoms with Gasteiger partial charge in [-0.1, -0.05) is 25.2 Å². The van der Waals surface area contributed by atoms with Crippen LogP contribution in [0.15, 0.2) is 6.07 Å². The largest absolute Gasteiger partial charge is 0.354 e. The van der Waals surface area contributed by atoms with Crippen LogP contribution in [0.25, 0.3) is 9.53 Å². The summed E-state index contributed by atoms with van der Waals surface area (Å²) in [6.07, 6.45) is 0. The summed E-state index contributed by atoms with van der Waals surface area (Å²) in [5.74, 6) is 0.198. The van der Waals surface area contributed by atoms with Crippen molar-refractivity contribution in [2.45, 2.75) is 26.3 Å². The second-order valence-corrected chi connectivity index (χ2v) is 7.94. The average molecular weight is 326 g/mol. The Morgan fingerprint density at radius 1 is 1.48 bits per heavy atom. The average Bonchev–Trinajstić information content (AvgIpc) is 2.96. The maximum absolute atomic E-state index is 12.4. The highest BCUT2D eigenvalue weighted by atomic mass is 32.1. The first-order valence-corrected chi connectivity index (χ1v) is 8.50. The number of hydrogen-bond donors (Lipinski definition) is 2. The molecule has 0 bridgehead atoms. The van der Waals surface area contributed by atoms with Crippen molar-refractivity contribution in [3.8, 4) is 0 Å². The molecular weight excluding hydrogens is 304 g/mol. The number of nitrogens with two attached hydrogens (primary N) is 1. The van der Waals surface area contributed by atoms with Crippen molar-refractivity contribution in [2.24, 2.45) is 11.7 Å². The molecule has 5 nitrogen and oxygen atoms in total. The van der Waals surface area contributed by atoms with E-state index in [9.17, 15) is 4.79 Å². The maximum Gasteiger partial charge on any atom is 0.261 e. The van der Waals surface area contributed by atoms with E-state index in [2.05, 4.69) is 24.1 Å². The van der Waals surface area contributed by atoms with Crippen molar-refractivity contribution in [2.75, 3.05) is 25.5 Å². The van der Waals surface area contributed by atoms with Crippen molar-refractivity contribution in [1.82, 2.24) is 10.3 Å². The zero-order chi connectivity index (χ0) is 15.8. The highest BCUT2D eigenvalue weighted by Crippen LogP contribution is 2.34. The lowest BCUT2D eigenvalue weighted by molar-refractivity contribution is 0.0887. The SMILES string of the molecule is CC(C)C(C)(CN)NC(=O)c1cc2sc(N(C)C)nc2s1. The van der Waals surface area contributed by atoms with Crippen molar-refractivity contribution < 1.29 is 4.79 Å². The molecule has 0 fully saturated rings. The van der Waals surface area contributed by atoms with Gasteiger partial charge in [0, 0.05) is 20.6 Å². The molecule has 0 spiro atoms. The Hall–Kier alpha value is -1.18. The Kier molecular flexibility index (Phi) is 4.55. The number of carbonyl (C=O) groups is 1. The molecule has 2 rings (SSSR count). The Morgan fingerprint density at radius 2 is 2.14 bits per heavy atom. The molecule has 0 saturated carbocycles. The van der Waals surface area contributed by atoms with Gasteiger partial charge in [0.1, 0.15) is 4.83 Å². The molecular formula is C14H22N4OS2. The molecule has 0 saturated heterocycles. The number of fused-ring (bicyclic) bond motifs is 1. The standard InChI is InChI=1S/C14H22N4OS2/c1-8(2)14(3,7-15)17-11(19)9-6-10-12(20-9)16-13(21-10)18(4)5/h6,8H,7,15H2,1-5H3,(H,17,19). The van der Waals surface area contributed by atoms with Crippen LogP contribution in [-0.2, 0) is 0 Å². The summed E-state index contributed by atoms with van der Waals surface area (Å²) < 4.78 is 1.05. The first kappa shape index (κ1) is 16.2. The number of thiazole rings is 1. The number of amides is 1. The number of nitrogens with one attached hydrogen (secondary N) is 1. The van der Waals surface area contributed by atoms with E-state index < -0.39 is 5.54 Å². The van der Waals surface area contributed by atoms with Gasteiger partial charge >= 0.3 is 0 Å². The smallest absolute Gasteiger partial charge is 0.261 e. The molecule has 21 heavy (non-hydrogen) atoms. The van der Waals surface area contributed by atoms with E-state index in [4.69, 9.17) is 5.73 Å². The molecule has 2 heterocycles. The normalized spacial score (nSPS) is 14.4. The fourth-order valence-corrected chi connectivity index (χ4v) is 3.81. The van der Waals surface area contributed by atoms with E-state index in [1.54, 1.807) is 11.3 Å². The molecule has 116 valence electrons. The molecule has 7 heteroatoms. The molecule has 1 amide bonds. The number of rotatable bonds is 5. The lowest BCUT2D eigenvalue weighted by Crippen LogP contribution is -2.54. The molecule has 0 aliphatic rings. The third-order valence-electron chi connectivity index (χ3n) is 3.78. The highest BCUT2D eigenvalue weighted by Gasteiger charge is 2.29. The van der Waals surface area contributed by atoms with Gasteiger partial charge in [-0.3, -0.25) is 4.79 Å². The molecule has 0 aliphatic carbocycles. The fraction of sp³-hybridized carbons (Fsp3) is 0.571. The predicted octanol–water partition coefficient (Wildman–Crippen LogP) is 2.53. The Morgan fingerprint density at radius 3 is 2.62 bits per heavy atom. The van der Waals surface area contributed by atoms with E-state index in [0.717, 1.165) is 14.7 Å². The molecule has 0 radical (unpaired) electrons. The first-order chi connectivity index (χ1) is 9.76. The van der Waals surface area contributed by atoms with Gasteiger partial charge in [-0.25, -0.2) is 4.98 Å². The number of nitrogens with zero attached hydrogens (tertiary/aromatic N) is 2. The van der Waals surface area contributed by atoms with Crippen molar-refractivity contribution in [3.63, 3.8) is 0 Å². The molecule has 3 N–H and O–H groups in total. The Bertz CT molecular complexity index is 615. The Labute approximate surface area is 133 Å². The zero-order valence-corrected chi connectivity index (χ0v) is 14.7. The number of aromatic nitrogens is 1. The van der Waals surface area contributed by atoms with Gasteiger partial charge in [-0.15, -0.1) is 11.3 Å².